The Balaban J connectivity index is 1.91. The van der Waals surface area contributed by atoms with Gasteiger partial charge in [-0.1, -0.05) is 24.3 Å². The molecule has 7 heteroatoms. The molecule has 0 aromatic heterocycles. The molecule has 0 saturated carbocycles. The fourth-order valence-electron chi connectivity index (χ4n) is 2.35. The summed E-state index contributed by atoms with van der Waals surface area (Å²) in [5, 5.41) is 15.7. The molecule has 0 heterocycles. The summed E-state index contributed by atoms with van der Waals surface area (Å²) >= 11 is 0. The van der Waals surface area contributed by atoms with Crippen LogP contribution in [0, 0.1) is 0 Å². The standard InChI is InChI=1S/C19H22F3N3O/c1-2-23-18(24-11-10-14-4-3-5-17(26)12-14)25-13-15-6-8-16(9-7-15)19(20,21)22/h3-9,12,26H,2,10-11,13H2,1H3,(H2,23,24,25). The molecule has 0 aliphatic rings. The second-order valence-corrected chi connectivity index (χ2v) is 5.74. The number of guanidine groups is 1. The predicted molar refractivity (Wildman–Crippen MR) is 96.1 cm³/mol. The molecule has 0 unspecified atom stereocenters. The quantitative estimate of drug-likeness (QED) is 0.540. The highest BCUT2D eigenvalue weighted by molar-refractivity contribution is 5.79. The number of hydrogen-bond donors (Lipinski definition) is 3. The van der Waals surface area contributed by atoms with E-state index in [0.29, 0.717) is 31.0 Å². The lowest BCUT2D eigenvalue weighted by Gasteiger charge is -2.12. The maximum absolute atomic E-state index is 12.6. The lowest BCUT2D eigenvalue weighted by Crippen LogP contribution is -2.38. The fourth-order valence-corrected chi connectivity index (χ4v) is 2.35. The van der Waals surface area contributed by atoms with Crippen LogP contribution in [0.5, 0.6) is 5.75 Å². The molecule has 0 atom stereocenters. The third kappa shape index (κ3) is 6.31. The Labute approximate surface area is 150 Å². The molecule has 4 nitrogen and oxygen atoms in total. The summed E-state index contributed by atoms with van der Waals surface area (Å²) in [6.07, 6.45) is -3.62. The zero-order valence-corrected chi connectivity index (χ0v) is 14.5. The number of aliphatic imine (C=N–C) groups is 1. The van der Waals surface area contributed by atoms with E-state index in [0.717, 1.165) is 17.7 Å². The van der Waals surface area contributed by atoms with Crippen molar-refractivity contribution in [1.29, 1.82) is 0 Å². The number of phenolic OH excluding ortho intramolecular Hbond substituents is 1. The van der Waals surface area contributed by atoms with Crippen molar-refractivity contribution >= 4 is 5.96 Å². The molecule has 0 fully saturated rings. The van der Waals surface area contributed by atoms with Gasteiger partial charge in [0.1, 0.15) is 5.75 Å². The van der Waals surface area contributed by atoms with E-state index in [2.05, 4.69) is 15.6 Å². The van der Waals surface area contributed by atoms with E-state index in [9.17, 15) is 18.3 Å². The molecular weight excluding hydrogens is 343 g/mol. The first-order chi connectivity index (χ1) is 12.4. The van der Waals surface area contributed by atoms with Crippen LogP contribution < -0.4 is 10.6 Å². The lowest BCUT2D eigenvalue weighted by atomic mass is 10.1. The van der Waals surface area contributed by atoms with Crippen LogP contribution in [0.1, 0.15) is 23.6 Å². The van der Waals surface area contributed by atoms with Crippen molar-refractivity contribution in [3.63, 3.8) is 0 Å². The van der Waals surface area contributed by atoms with Gasteiger partial charge in [0, 0.05) is 13.1 Å². The molecule has 0 aliphatic heterocycles. The zero-order valence-electron chi connectivity index (χ0n) is 14.5. The van der Waals surface area contributed by atoms with Crippen LogP contribution in [0.15, 0.2) is 53.5 Å². The highest BCUT2D eigenvalue weighted by Gasteiger charge is 2.29. The number of nitrogens with zero attached hydrogens (tertiary/aromatic N) is 1. The second-order valence-electron chi connectivity index (χ2n) is 5.74. The largest absolute Gasteiger partial charge is 0.508 e. The molecule has 2 rings (SSSR count). The summed E-state index contributed by atoms with van der Waals surface area (Å²) in [5.41, 5.74) is 1.03. The van der Waals surface area contributed by atoms with Gasteiger partial charge in [0.2, 0.25) is 0 Å². The summed E-state index contributed by atoms with van der Waals surface area (Å²) in [6, 6.07) is 12.0. The average Bonchev–Trinajstić information content (AvgIpc) is 2.59. The maximum Gasteiger partial charge on any atom is 0.416 e. The Morgan fingerprint density at radius 1 is 1.04 bits per heavy atom. The number of halogens is 3. The summed E-state index contributed by atoms with van der Waals surface area (Å²) in [4.78, 5) is 4.39. The molecule has 0 bridgehead atoms. The van der Waals surface area contributed by atoms with E-state index < -0.39 is 11.7 Å². The molecule has 2 aromatic carbocycles. The van der Waals surface area contributed by atoms with Gasteiger partial charge in [0.05, 0.1) is 12.1 Å². The number of aromatic hydroxyl groups is 1. The highest BCUT2D eigenvalue weighted by atomic mass is 19.4. The molecule has 140 valence electrons. The minimum Gasteiger partial charge on any atom is -0.508 e. The minimum atomic E-state index is -4.33. The number of phenols is 1. The van der Waals surface area contributed by atoms with Crippen molar-refractivity contribution < 1.29 is 18.3 Å². The third-order valence-corrected chi connectivity index (χ3v) is 3.66. The van der Waals surface area contributed by atoms with Crippen LogP contribution in [0.2, 0.25) is 0 Å². The Kier molecular flexibility index (Phi) is 6.89. The summed E-state index contributed by atoms with van der Waals surface area (Å²) in [5.74, 6) is 0.818. The van der Waals surface area contributed by atoms with Gasteiger partial charge in [-0.05, 0) is 48.7 Å². The van der Waals surface area contributed by atoms with Crippen LogP contribution in [0.25, 0.3) is 0 Å². The molecule has 3 N–H and O–H groups in total. The first kappa shape index (κ1) is 19.6. The van der Waals surface area contributed by atoms with E-state index in [1.165, 1.54) is 12.1 Å². The summed E-state index contributed by atoms with van der Waals surface area (Å²) < 4.78 is 37.7. The van der Waals surface area contributed by atoms with Gasteiger partial charge in [-0.25, -0.2) is 4.99 Å². The monoisotopic (exact) mass is 365 g/mol. The average molecular weight is 365 g/mol. The van der Waals surface area contributed by atoms with Crippen molar-refractivity contribution in [1.82, 2.24) is 10.6 Å². The van der Waals surface area contributed by atoms with Crippen molar-refractivity contribution in [3.05, 3.63) is 65.2 Å². The van der Waals surface area contributed by atoms with E-state index in [1.54, 1.807) is 18.2 Å². The third-order valence-electron chi connectivity index (χ3n) is 3.66. The number of benzene rings is 2. The molecule has 0 radical (unpaired) electrons. The van der Waals surface area contributed by atoms with Crippen LogP contribution in [0.4, 0.5) is 13.2 Å². The van der Waals surface area contributed by atoms with Crippen molar-refractivity contribution in [2.75, 3.05) is 13.1 Å². The molecule has 0 spiro atoms. The molecule has 0 amide bonds. The minimum absolute atomic E-state index is 0.227. The van der Waals surface area contributed by atoms with Crippen molar-refractivity contribution in [2.45, 2.75) is 26.1 Å². The van der Waals surface area contributed by atoms with E-state index in [-0.39, 0.29) is 12.3 Å². The molecule has 2 aromatic rings. The Bertz CT molecular complexity index is 728. The van der Waals surface area contributed by atoms with Crippen LogP contribution in [-0.4, -0.2) is 24.2 Å². The summed E-state index contributed by atoms with van der Waals surface area (Å²) in [7, 11) is 0. The summed E-state index contributed by atoms with van der Waals surface area (Å²) in [6.45, 7) is 3.50. The van der Waals surface area contributed by atoms with Crippen molar-refractivity contribution in [3.8, 4) is 5.75 Å². The Hall–Kier alpha value is -2.70. The molecular formula is C19H22F3N3O. The van der Waals surface area contributed by atoms with Gasteiger partial charge in [0.15, 0.2) is 5.96 Å². The van der Waals surface area contributed by atoms with Gasteiger partial charge < -0.3 is 15.7 Å². The zero-order chi connectivity index (χ0) is 19.0. The fraction of sp³-hybridized carbons (Fsp3) is 0.316. The van der Waals surface area contributed by atoms with Gasteiger partial charge >= 0.3 is 6.18 Å². The smallest absolute Gasteiger partial charge is 0.416 e. The number of alkyl halides is 3. The Morgan fingerprint density at radius 2 is 1.77 bits per heavy atom. The first-order valence-corrected chi connectivity index (χ1v) is 8.34. The molecule has 0 aliphatic carbocycles. The van der Waals surface area contributed by atoms with Crippen LogP contribution in [-0.2, 0) is 19.1 Å². The normalized spacial score (nSPS) is 12.1. The molecule has 26 heavy (non-hydrogen) atoms. The van der Waals surface area contributed by atoms with Gasteiger partial charge in [-0.15, -0.1) is 0 Å². The van der Waals surface area contributed by atoms with Gasteiger partial charge in [-0.3, -0.25) is 0 Å². The first-order valence-electron chi connectivity index (χ1n) is 8.34. The number of hydrogen-bond acceptors (Lipinski definition) is 2. The molecule has 0 saturated heterocycles. The van der Waals surface area contributed by atoms with Crippen LogP contribution in [0.3, 0.4) is 0 Å². The van der Waals surface area contributed by atoms with Crippen LogP contribution >= 0.6 is 0 Å². The second kappa shape index (κ2) is 9.12. The SMILES string of the molecule is CCNC(=NCc1ccc(C(F)(F)F)cc1)NCCc1cccc(O)c1. The van der Waals surface area contributed by atoms with Crippen molar-refractivity contribution in [2.24, 2.45) is 4.99 Å². The number of rotatable bonds is 6. The van der Waals surface area contributed by atoms with E-state index in [1.807, 2.05) is 13.0 Å². The van der Waals surface area contributed by atoms with E-state index >= 15 is 0 Å². The predicted octanol–water partition coefficient (Wildman–Crippen LogP) is 3.71. The maximum atomic E-state index is 12.6. The van der Waals surface area contributed by atoms with Gasteiger partial charge in [0.25, 0.3) is 0 Å². The topological polar surface area (TPSA) is 56.7 Å². The number of nitrogens with one attached hydrogen (secondary N) is 2. The Morgan fingerprint density at radius 3 is 2.38 bits per heavy atom. The van der Waals surface area contributed by atoms with Gasteiger partial charge in [-0.2, -0.15) is 13.2 Å². The van der Waals surface area contributed by atoms with E-state index in [4.69, 9.17) is 0 Å². The lowest BCUT2D eigenvalue weighted by molar-refractivity contribution is -0.137. The highest BCUT2D eigenvalue weighted by Crippen LogP contribution is 2.29.